The van der Waals surface area contributed by atoms with Crippen LogP contribution in [0.25, 0.3) is 0 Å². The maximum absolute atomic E-state index is 13.3. The van der Waals surface area contributed by atoms with Crippen molar-refractivity contribution >= 4 is 17.8 Å². The quantitative estimate of drug-likeness (QED) is 0.707. The molecule has 4 aliphatic rings. The molecule has 3 unspecified atom stereocenters. The van der Waals surface area contributed by atoms with E-state index in [9.17, 15) is 19.5 Å². The summed E-state index contributed by atoms with van der Waals surface area (Å²) in [6.45, 7) is 4.03. The molecular weight excluding hydrogens is 426 g/mol. The van der Waals surface area contributed by atoms with Crippen molar-refractivity contribution in [2.24, 2.45) is 17.6 Å². The second-order valence-electron chi connectivity index (χ2n) is 9.98. The molecule has 1 aromatic rings. The average Bonchev–Trinajstić information content (AvgIpc) is 3.46. The maximum atomic E-state index is 13.3. The van der Waals surface area contributed by atoms with Crippen molar-refractivity contribution in [3.05, 3.63) is 23.8 Å². The first-order chi connectivity index (χ1) is 15.8. The highest BCUT2D eigenvalue weighted by Gasteiger charge is 2.49. The number of hydrogen-bond acceptors (Lipinski definition) is 6. The number of carbonyl (C=O) groups excluding carboxylic acids is 2. The molecule has 9 heteroatoms. The number of fused-ring (bicyclic) bond motifs is 3. The van der Waals surface area contributed by atoms with E-state index in [0.29, 0.717) is 36.3 Å². The molecule has 0 aromatic heterocycles. The standard InChI is InChI=1S/C24H31N3O6/c1-12-7-18(24(30)31)26(13(12)2)23(29)21(25)15-8-16-4-5-17(9-15)27(16)22(28)14-3-6-19-20(10-14)33-11-32-19/h3,6,10,12-13,15-18,21H,4-5,7-9,11,25H2,1-2H3,(H,30,31)/t12-,13?,15?,16?,17?,18-,21-/m0/s1. The van der Waals surface area contributed by atoms with Gasteiger partial charge >= 0.3 is 5.97 Å². The van der Waals surface area contributed by atoms with Crippen LogP contribution in [0.2, 0.25) is 0 Å². The van der Waals surface area contributed by atoms with Gasteiger partial charge in [-0.05, 0) is 69.1 Å². The summed E-state index contributed by atoms with van der Waals surface area (Å²) in [7, 11) is 0. The Morgan fingerprint density at radius 3 is 2.36 bits per heavy atom. The topological polar surface area (TPSA) is 122 Å². The Labute approximate surface area is 192 Å². The van der Waals surface area contributed by atoms with E-state index in [1.807, 2.05) is 18.7 Å². The molecule has 2 amide bonds. The number of carboxylic acids is 1. The first kappa shape index (κ1) is 22.0. The van der Waals surface area contributed by atoms with Crippen LogP contribution >= 0.6 is 0 Å². The fraction of sp³-hybridized carbons (Fsp3) is 0.625. The van der Waals surface area contributed by atoms with Gasteiger partial charge in [-0.15, -0.1) is 0 Å². The third kappa shape index (κ3) is 3.62. The van der Waals surface area contributed by atoms with Crippen molar-refractivity contribution < 1.29 is 29.0 Å². The van der Waals surface area contributed by atoms with Crippen LogP contribution in [0, 0.1) is 11.8 Å². The molecule has 1 aromatic carbocycles. The van der Waals surface area contributed by atoms with Gasteiger partial charge in [-0.3, -0.25) is 9.59 Å². The summed E-state index contributed by atoms with van der Waals surface area (Å²) in [5.74, 6) is -0.0318. The van der Waals surface area contributed by atoms with Gasteiger partial charge in [0.1, 0.15) is 6.04 Å². The minimum absolute atomic E-state index is 0.0238. The molecule has 0 spiro atoms. The third-order valence-electron chi connectivity index (χ3n) is 8.15. The number of nitrogens with zero attached hydrogens (tertiary/aromatic N) is 2. The second-order valence-corrected chi connectivity index (χ2v) is 9.98. The fourth-order valence-electron chi connectivity index (χ4n) is 6.19. The molecule has 5 rings (SSSR count). The lowest BCUT2D eigenvalue weighted by molar-refractivity contribution is -0.150. The Morgan fingerprint density at radius 1 is 1.03 bits per heavy atom. The van der Waals surface area contributed by atoms with Crippen LogP contribution < -0.4 is 15.2 Å². The number of carbonyl (C=O) groups is 3. The number of piperidine rings is 1. The highest BCUT2D eigenvalue weighted by atomic mass is 16.7. The van der Waals surface area contributed by atoms with Gasteiger partial charge in [-0.1, -0.05) is 6.92 Å². The van der Waals surface area contributed by atoms with Gasteiger partial charge in [-0.2, -0.15) is 0 Å². The first-order valence-corrected chi connectivity index (χ1v) is 11.8. The zero-order valence-electron chi connectivity index (χ0n) is 19.0. The molecule has 0 saturated carbocycles. The number of amides is 2. The number of nitrogens with two attached hydrogens (primary N) is 1. The van der Waals surface area contributed by atoms with E-state index < -0.39 is 18.1 Å². The van der Waals surface area contributed by atoms with Crippen molar-refractivity contribution in [2.45, 2.75) is 76.2 Å². The number of carboxylic acid groups (broad SMARTS) is 1. The van der Waals surface area contributed by atoms with E-state index in [1.165, 1.54) is 4.90 Å². The van der Waals surface area contributed by atoms with E-state index in [4.69, 9.17) is 15.2 Å². The van der Waals surface area contributed by atoms with Crippen molar-refractivity contribution in [1.82, 2.24) is 9.80 Å². The molecule has 0 aliphatic carbocycles. The van der Waals surface area contributed by atoms with Gasteiger partial charge in [0.25, 0.3) is 5.91 Å². The molecule has 33 heavy (non-hydrogen) atoms. The van der Waals surface area contributed by atoms with Crippen LogP contribution in [0.3, 0.4) is 0 Å². The molecule has 4 aliphatic heterocycles. The zero-order chi connectivity index (χ0) is 23.4. The number of ether oxygens (including phenoxy) is 2. The number of aliphatic carboxylic acids is 1. The number of hydrogen-bond donors (Lipinski definition) is 2. The van der Waals surface area contributed by atoms with Gasteiger partial charge in [0, 0.05) is 23.7 Å². The molecule has 3 N–H and O–H groups in total. The third-order valence-corrected chi connectivity index (χ3v) is 8.15. The summed E-state index contributed by atoms with van der Waals surface area (Å²) in [5, 5.41) is 9.62. The molecule has 0 radical (unpaired) electrons. The summed E-state index contributed by atoms with van der Waals surface area (Å²) in [6, 6.07) is 3.56. The summed E-state index contributed by atoms with van der Waals surface area (Å²) in [4.78, 5) is 41.8. The Balaban J connectivity index is 1.29. The highest BCUT2D eigenvalue weighted by Crippen LogP contribution is 2.42. The van der Waals surface area contributed by atoms with Crippen LogP contribution in [0.1, 0.15) is 56.3 Å². The smallest absolute Gasteiger partial charge is 0.326 e. The van der Waals surface area contributed by atoms with E-state index >= 15 is 0 Å². The van der Waals surface area contributed by atoms with Crippen LogP contribution in [0.15, 0.2) is 18.2 Å². The van der Waals surface area contributed by atoms with Crippen molar-refractivity contribution in [2.75, 3.05) is 6.79 Å². The predicted molar refractivity (Wildman–Crippen MR) is 118 cm³/mol. The predicted octanol–water partition coefficient (Wildman–Crippen LogP) is 1.84. The first-order valence-electron chi connectivity index (χ1n) is 11.8. The van der Waals surface area contributed by atoms with Gasteiger partial charge in [0.15, 0.2) is 11.5 Å². The SMILES string of the molecule is CC1[C@@H](C)C[C@@H](C(=O)O)N1C(=O)[C@@H](N)C1CC2CCC(C1)N2C(=O)c1ccc2c(c1)OCO2. The fourth-order valence-corrected chi connectivity index (χ4v) is 6.19. The Morgan fingerprint density at radius 2 is 1.70 bits per heavy atom. The molecule has 9 nitrogen and oxygen atoms in total. The molecule has 178 valence electrons. The minimum Gasteiger partial charge on any atom is -0.480 e. The number of likely N-dealkylation sites (tertiary alicyclic amines) is 1. The van der Waals surface area contributed by atoms with Gasteiger partial charge in [0.05, 0.1) is 6.04 Å². The number of rotatable bonds is 4. The summed E-state index contributed by atoms with van der Waals surface area (Å²) in [5.41, 5.74) is 7.04. The van der Waals surface area contributed by atoms with Crippen LogP contribution in [-0.4, -0.2) is 69.7 Å². The highest BCUT2D eigenvalue weighted by molar-refractivity contribution is 5.96. The summed E-state index contributed by atoms with van der Waals surface area (Å²) >= 11 is 0. The van der Waals surface area contributed by atoms with Crippen molar-refractivity contribution in [3.63, 3.8) is 0 Å². The Hall–Kier alpha value is -2.81. The van der Waals surface area contributed by atoms with Gasteiger partial charge < -0.3 is 30.1 Å². The normalized spacial score (nSPS) is 33.3. The molecule has 4 heterocycles. The van der Waals surface area contributed by atoms with Gasteiger partial charge in [0.2, 0.25) is 12.7 Å². The van der Waals surface area contributed by atoms with E-state index in [1.54, 1.807) is 18.2 Å². The Bertz CT molecular complexity index is 969. The second kappa shape index (κ2) is 8.20. The lowest BCUT2D eigenvalue weighted by Crippen LogP contribution is -2.57. The minimum atomic E-state index is -0.976. The monoisotopic (exact) mass is 457 g/mol. The lowest BCUT2D eigenvalue weighted by atomic mass is 9.84. The molecule has 3 saturated heterocycles. The van der Waals surface area contributed by atoms with Crippen molar-refractivity contribution in [3.8, 4) is 11.5 Å². The largest absolute Gasteiger partial charge is 0.480 e. The van der Waals surface area contributed by atoms with Crippen molar-refractivity contribution in [1.29, 1.82) is 0 Å². The van der Waals surface area contributed by atoms with E-state index in [-0.39, 0.29) is 48.6 Å². The lowest BCUT2D eigenvalue weighted by Gasteiger charge is -2.42. The van der Waals surface area contributed by atoms with Crippen LogP contribution in [0.4, 0.5) is 0 Å². The van der Waals surface area contributed by atoms with E-state index in [0.717, 1.165) is 12.8 Å². The summed E-state index contributed by atoms with van der Waals surface area (Å²) in [6.07, 6.45) is 3.51. The average molecular weight is 458 g/mol. The van der Waals surface area contributed by atoms with Crippen LogP contribution in [-0.2, 0) is 9.59 Å². The van der Waals surface area contributed by atoms with Crippen LogP contribution in [0.5, 0.6) is 11.5 Å². The zero-order valence-corrected chi connectivity index (χ0v) is 19.0. The molecule has 2 bridgehead atoms. The summed E-state index contributed by atoms with van der Waals surface area (Å²) < 4.78 is 10.8. The maximum Gasteiger partial charge on any atom is 0.326 e. The molecule has 6 atom stereocenters. The number of benzene rings is 1. The van der Waals surface area contributed by atoms with Gasteiger partial charge in [-0.25, -0.2) is 4.79 Å². The molecular formula is C24H31N3O6. The Kier molecular flexibility index (Phi) is 5.47. The molecule has 3 fully saturated rings. The van der Waals surface area contributed by atoms with E-state index in [2.05, 4.69) is 0 Å².